The summed E-state index contributed by atoms with van der Waals surface area (Å²) in [5.41, 5.74) is 2.04. The maximum atomic E-state index is 13.5. The fraction of sp³-hybridized carbons (Fsp3) is 0.208. The van der Waals surface area contributed by atoms with Gasteiger partial charge < -0.3 is 5.11 Å². The number of aliphatic carboxylic acids is 1. The molecule has 0 aromatic heterocycles. The molecule has 1 unspecified atom stereocenters. The number of carboxylic acid groups (broad SMARTS) is 1. The number of halogens is 3. The first kappa shape index (κ1) is 23.3. The minimum absolute atomic E-state index is 0.345. The van der Waals surface area contributed by atoms with Crippen LogP contribution in [0.5, 0.6) is 0 Å². The molecule has 3 aromatic rings. The largest absolute Gasteiger partial charge is 0.480 e. The average molecular weight is 509 g/mol. The fourth-order valence-electron chi connectivity index (χ4n) is 4.07. The third kappa shape index (κ3) is 4.73. The smallest absolute Gasteiger partial charge is 0.318 e. The van der Waals surface area contributed by atoms with Crippen molar-refractivity contribution in [3.63, 3.8) is 0 Å². The van der Waals surface area contributed by atoms with E-state index < -0.39 is 22.5 Å². The zero-order chi connectivity index (χ0) is 22.9. The van der Waals surface area contributed by atoms with Crippen LogP contribution in [0.15, 0.2) is 71.6 Å². The van der Waals surface area contributed by atoms with Gasteiger partial charge in [-0.25, -0.2) is 4.21 Å². The van der Waals surface area contributed by atoms with Gasteiger partial charge in [-0.05, 0) is 84.5 Å². The molecule has 4 rings (SSSR count). The summed E-state index contributed by atoms with van der Waals surface area (Å²) in [6, 6.07) is 19.8. The van der Waals surface area contributed by atoms with Crippen molar-refractivity contribution < 1.29 is 14.1 Å². The molecule has 1 atom stereocenters. The van der Waals surface area contributed by atoms with Crippen LogP contribution < -0.4 is 0 Å². The van der Waals surface area contributed by atoms with Gasteiger partial charge in [0.15, 0.2) is 0 Å². The van der Waals surface area contributed by atoms with E-state index in [1.54, 1.807) is 34.6 Å². The molecule has 0 heterocycles. The van der Waals surface area contributed by atoms with E-state index in [4.69, 9.17) is 34.8 Å². The number of nitrogens with zero attached hydrogens (tertiary/aromatic N) is 1. The second kappa shape index (κ2) is 9.54. The lowest BCUT2D eigenvalue weighted by Crippen LogP contribution is -2.53. The maximum Gasteiger partial charge on any atom is 0.318 e. The van der Waals surface area contributed by atoms with Crippen molar-refractivity contribution in [1.29, 1.82) is 0 Å². The van der Waals surface area contributed by atoms with E-state index in [1.807, 2.05) is 36.4 Å². The van der Waals surface area contributed by atoms with Crippen molar-refractivity contribution in [2.24, 2.45) is 0 Å². The van der Waals surface area contributed by atoms with E-state index in [2.05, 4.69) is 0 Å². The molecule has 0 spiro atoms. The molecule has 0 aliphatic heterocycles. The highest BCUT2D eigenvalue weighted by Crippen LogP contribution is 2.48. The van der Waals surface area contributed by atoms with Crippen LogP contribution in [0.3, 0.4) is 0 Å². The van der Waals surface area contributed by atoms with Crippen LogP contribution >= 0.6 is 34.8 Å². The standard InChI is InChI=1S/C24H20Cl3NO3S/c25-19-5-7-22(8-6-19)32(31)28(15-23(29)30)24(9-2-10-24)18-4-1-3-16(11-18)17-12-20(26)14-21(27)13-17/h1,3-8,11-14H,2,9-10,15H2,(H,29,30). The highest BCUT2D eigenvalue weighted by atomic mass is 35.5. The molecule has 0 amide bonds. The van der Waals surface area contributed by atoms with E-state index >= 15 is 0 Å². The van der Waals surface area contributed by atoms with Crippen molar-refractivity contribution in [3.05, 3.63) is 87.4 Å². The van der Waals surface area contributed by atoms with Gasteiger partial charge in [0.1, 0.15) is 17.5 Å². The van der Waals surface area contributed by atoms with E-state index in [1.165, 1.54) is 0 Å². The quantitative estimate of drug-likeness (QED) is 0.382. The molecule has 166 valence electrons. The summed E-state index contributed by atoms with van der Waals surface area (Å²) in [6.07, 6.45) is 2.33. The first-order valence-corrected chi connectivity index (χ1v) is 12.3. The Bertz CT molecular complexity index is 1160. The lowest BCUT2D eigenvalue weighted by atomic mass is 9.71. The molecular weight excluding hydrogens is 489 g/mol. The number of hydrogen-bond acceptors (Lipinski definition) is 2. The summed E-state index contributed by atoms with van der Waals surface area (Å²) in [7, 11) is -1.68. The molecule has 0 radical (unpaired) electrons. The first-order chi connectivity index (χ1) is 15.3. The van der Waals surface area contributed by atoms with E-state index in [9.17, 15) is 14.1 Å². The van der Waals surface area contributed by atoms with Gasteiger partial charge in [-0.15, -0.1) is 0 Å². The Balaban J connectivity index is 1.77. The van der Waals surface area contributed by atoms with Crippen LogP contribution in [0.2, 0.25) is 15.1 Å². The van der Waals surface area contributed by atoms with Crippen LogP contribution in [0, 0.1) is 0 Å². The predicted octanol–water partition coefficient (Wildman–Crippen LogP) is 6.80. The van der Waals surface area contributed by atoms with Crippen molar-refractivity contribution in [3.8, 4) is 11.1 Å². The lowest BCUT2D eigenvalue weighted by molar-refractivity contribution is -0.138. The molecule has 1 aliphatic rings. The molecule has 1 aliphatic carbocycles. The number of carbonyl (C=O) groups is 1. The molecule has 3 aromatic carbocycles. The van der Waals surface area contributed by atoms with Crippen LogP contribution in [0.25, 0.3) is 11.1 Å². The number of carboxylic acids is 1. The molecule has 8 heteroatoms. The Hall–Kier alpha value is -1.89. The Morgan fingerprint density at radius 3 is 2.12 bits per heavy atom. The lowest BCUT2D eigenvalue weighted by Gasteiger charge is -2.49. The predicted molar refractivity (Wildman–Crippen MR) is 130 cm³/mol. The van der Waals surface area contributed by atoms with E-state index in [0.717, 1.165) is 23.1 Å². The normalized spacial score (nSPS) is 15.9. The summed E-state index contributed by atoms with van der Waals surface area (Å²) < 4.78 is 15.1. The molecule has 32 heavy (non-hydrogen) atoms. The second-order valence-corrected chi connectivity index (χ2v) is 10.5. The van der Waals surface area contributed by atoms with Crippen LogP contribution in [-0.4, -0.2) is 26.1 Å². The highest BCUT2D eigenvalue weighted by Gasteiger charge is 2.47. The topological polar surface area (TPSA) is 57.6 Å². The maximum absolute atomic E-state index is 13.5. The highest BCUT2D eigenvalue weighted by molar-refractivity contribution is 7.82. The molecule has 4 nitrogen and oxygen atoms in total. The first-order valence-electron chi connectivity index (χ1n) is 10.0. The van der Waals surface area contributed by atoms with Gasteiger partial charge in [0, 0.05) is 15.1 Å². The molecule has 0 saturated heterocycles. The SMILES string of the molecule is O=C(O)CN(S(=O)c1ccc(Cl)cc1)C1(c2cccc(-c3cc(Cl)cc(Cl)c3)c2)CCC1. The monoisotopic (exact) mass is 507 g/mol. The third-order valence-electron chi connectivity index (χ3n) is 5.75. The number of hydrogen-bond donors (Lipinski definition) is 1. The van der Waals surface area contributed by atoms with Gasteiger partial charge in [-0.3, -0.25) is 4.79 Å². The van der Waals surface area contributed by atoms with Gasteiger partial charge in [0.25, 0.3) is 0 Å². The number of benzene rings is 3. The average Bonchev–Trinajstić information content (AvgIpc) is 2.71. The summed E-state index contributed by atoms with van der Waals surface area (Å²) >= 11 is 18.4. The molecular formula is C24H20Cl3NO3S. The van der Waals surface area contributed by atoms with Gasteiger partial charge in [0.2, 0.25) is 0 Å². The summed E-state index contributed by atoms with van der Waals surface area (Å²) in [5, 5.41) is 11.2. The fourth-order valence-corrected chi connectivity index (χ4v) is 6.18. The zero-order valence-corrected chi connectivity index (χ0v) is 20.0. The minimum atomic E-state index is -1.68. The summed E-state index contributed by atoms with van der Waals surface area (Å²) in [4.78, 5) is 12.3. The van der Waals surface area contributed by atoms with Crippen LogP contribution in [0.4, 0.5) is 0 Å². The Labute approximate surface area is 204 Å². The third-order valence-corrected chi connectivity index (χ3v) is 7.99. The van der Waals surface area contributed by atoms with Crippen molar-refractivity contribution in [2.45, 2.75) is 29.7 Å². The van der Waals surface area contributed by atoms with E-state index in [-0.39, 0.29) is 6.54 Å². The van der Waals surface area contributed by atoms with Gasteiger partial charge in [-0.1, -0.05) is 53.0 Å². The van der Waals surface area contributed by atoms with Gasteiger partial charge >= 0.3 is 5.97 Å². The number of rotatable bonds is 7. The molecule has 1 N–H and O–H groups in total. The van der Waals surface area contributed by atoms with Crippen molar-refractivity contribution in [2.75, 3.05) is 6.54 Å². The minimum Gasteiger partial charge on any atom is -0.480 e. The molecule has 1 saturated carbocycles. The van der Waals surface area contributed by atoms with Gasteiger partial charge in [0.05, 0.1) is 10.4 Å². The summed E-state index contributed by atoms with van der Waals surface area (Å²) in [6.45, 7) is -0.345. The van der Waals surface area contributed by atoms with Crippen molar-refractivity contribution in [1.82, 2.24) is 4.31 Å². The zero-order valence-electron chi connectivity index (χ0n) is 16.9. The Morgan fingerprint density at radius 2 is 1.56 bits per heavy atom. The van der Waals surface area contributed by atoms with Gasteiger partial charge in [-0.2, -0.15) is 4.31 Å². The summed E-state index contributed by atoms with van der Waals surface area (Å²) in [5.74, 6) is -1.03. The van der Waals surface area contributed by atoms with Crippen molar-refractivity contribution >= 4 is 51.8 Å². The molecule has 1 fully saturated rings. The Kier molecular flexibility index (Phi) is 6.94. The van der Waals surface area contributed by atoms with Crippen LogP contribution in [0.1, 0.15) is 24.8 Å². The van der Waals surface area contributed by atoms with Crippen LogP contribution in [-0.2, 0) is 21.3 Å². The molecule has 0 bridgehead atoms. The second-order valence-electron chi connectivity index (χ2n) is 7.76. The Morgan fingerprint density at radius 1 is 0.906 bits per heavy atom. The van der Waals surface area contributed by atoms with E-state index in [0.29, 0.717) is 32.8 Å².